The second-order valence-electron chi connectivity index (χ2n) is 10.9. The Labute approximate surface area is 204 Å². The number of benzene rings is 4. The molecule has 1 aliphatic rings. The van der Waals surface area contributed by atoms with Crippen LogP contribution >= 0.6 is 0 Å². The van der Waals surface area contributed by atoms with Crippen LogP contribution in [0.2, 0.25) is 0 Å². The molecule has 7 aromatic rings. The van der Waals surface area contributed by atoms with Crippen LogP contribution in [-0.4, -0.2) is 9.38 Å². The summed E-state index contributed by atoms with van der Waals surface area (Å²) in [6.07, 6.45) is 8.73. The Balaban J connectivity index is 1.60. The van der Waals surface area contributed by atoms with Crippen LogP contribution in [0.15, 0.2) is 66.9 Å². The first kappa shape index (κ1) is 19.6. The summed E-state index contributed by atoms with van der Waals surface area (Å²) in [4.78, 5) is 4.97. The maximum Gasteiger partial charge on any atom is 0.0823 e. The lowest BCUT2D eigenvalue weighted by atomic mass is 9.96. The average molecular weight is 453 g/mol. The molecule has 8 rings (SSSR count). The van der Waals surface area contributed by atoms with Crippen molar-refractivity contribution in [3.8, 4) is 0 Å². The fourth-order valence-electron chi connectivity index (χ4n) is 7.07. The van der Waals surface area contributed by atoms with E-state index in [1.54, 1.807) is 0 Å². The number of rotatable bonds is 2. The summed E-state index contributed by atoms with van der Waals surface area (Å²) >= 11 is 0. The molecule has 0 amide bonds. The van der Waals surface area contributed by atoms with Gasteiger partial charge in [0.05, 0.1) is 22.1 Å². The summed E-state index contributed by atoms with van der Waals surface area (Å²) in [5, 5.41) is 9.13. The number of hydrogen-bond donors (Lipinski definition) is 0. The number of pyridine rings is 2. The predicted molar refractivity (Wildman–Crippen MR) is 149 cm³/mol. The molecule has 0 aliphatic heterocycles. The molecule has 1 fully saturated rings. The molecule has 0 spiro atoms. The van der Waals surface area contributed by atoms with E-state index in [2.05, 4.69) is 78.9 Å². The van der Waals surface area contributed by atoms with Gasteiger partial charge >= 0.3 is 0 Å². The van der Waals surface area contributed by atoms with Gasteiger partial charge < -0.3 is 4.40 Å². The molecular weight excluding hydrogens is 424 g/mol. The third kappa shape index (κ3) is 2.63. The molecule has 0 radical (unpaired) electrons. The molecule has 0 saturated heterocycles. The molecule has 0 bridgehead atoms. The summed E-state index contributed by atoms with van der Waals surface area (Å²) in [5.74, 6) is 0.843. The smallest absolute Gasteiger partial charge is 0.0823 e. The van der Waals surface area contributed by atoms with Gasteiger partial charge in [0.25, 0.3) is 0 Å². The summed E-state index contributed by atoms with van der Waals surface area (Å²) in [7, 11) is 0. The largest absolute Gasteiger partial charge is 0.308 e. The highest BCUT2D eigenvalue weighted by molar-refractivity contribution is 6.28. The van der Waals surface area contributed by atoms with E-state index >= 15 is 0 Å². The highest BCUT2D eigenvalue weighted by Crippen LogP contribution is 2.43. The molecular formula is C33H28N2. The standard InChI is InChI=1S/C33H28N2/c1-19-7-9-24-18-28-31-30-23(13-14-34-31)10-12-26-25-11-8-22(16-21-5-3-4-6-21)17-29(25)35(33(26)30)32(28)20(2)27(24)15-19/h7-15,17-18,21H,3-6,16H2,1-2H3. The lowest BCUT2D eigenvalue weighted by Crippen LogP contribution is -1.99. The molecule has 4 aromatic carbocycles. The summed E-state index contributed by atoms with van der Waals surface area (Å²) in [5.41, 5.74) is 9.21. The maximum atomic E-state index is 4.97. The van der Waals surface area contributed by atoms with Gasteiger partial charge in [0.1, 0.15) is 0 Å². The van der Waals surface area contributed by atoms with E-state index < -0.39 is 0 Å². The second kappa shape index (κ2) is 6.95. The molecule has 0 atom stereocenters. The van der Waals surface area contributed by atoms with Crippen LogP contribution in [0, 0.1) is 19.8 Å². The van der Waals surface area contributed by atoms with Crippen molar-refractivity contribution in [2.75, 3.05) is 0 Å². The maximum absolute atomic E-state index is 4.97. The zero-order valence-electron chi connectivity index (χ0n) is 20.4. The highest BCUT2D eigenvalue weighted by atomic mass is 14.9. The van der Waals surface area contributed by atoms with E-state index in [0.717, 1.165) is 11.4 Å². The van der Waals surface area contributed by atoms with Crippen molar-refractivity contribution < 1.29 is 0 Å². The summed E-state index contributed by atoms with van der Waals surface area (Å²) in [6, 6.07) is 23.2. The Morgan fingerprint density at radius 3 is 2.49 bits per heavy atom. The third-order valence-corrected chi connectivity index (χ3v) is 8.72. The molecule has 2 heteroatoms. The first-order valence-corrected chi connectivity index (χ1v) is 13.1. The van der Waals surface area contributed by atoms with E-state index in [1.807, 2.05) is 6.20 Å². The molecule has 35 heavy (non-hydrogen) atoms. The second-order valence-corrected chi connectivity index (χ2v) is 10.9. The summed E-state index contributed by atoms with van der Waals surface area (Å²) in [6.45, 7) is 4.49. The zero-order valence-corrected chi connectivity index (χ0v) is 20.4. The Hall–Kier alpha value is -3.65. The van der Waals surface area contributed by atoms with Gasteiger partial charge in [0.2, 0.25) is 0 Å². The molecule has 3 heterocycles. The number of nitrogens with zero attached hydrogens (tertiary/aromatic N) is 2. The number of aryl methyl sites for hydroxylation is 2. The van der Waals surface area contributed by atoms with E-state index in [4.69, 9.17) is 4.98 Å². The Morgan fingerprint density at radius 2 is 1.60 bits per heavy atom. The van der Waals surface area contributed by atoms with Crippen LogP contribution < -0.4 is 0 Å². The van der Waals surface area contributed by atoms with Gasteiger partial charge in [-0.3, -0.25) is 4.98 Å². The van der Waals surface area contributed by atoms with Gasteiger partial charge in [-0.05, 0) is 71.7 Å². The van der Waals surface area contributed by atoms with Crippen molar-refractivity contribution in [1.29, 1.82) is 0 Å². The molecule has 1 saturated carbocycles. The molecule has 0 unspecified atom stereocenters. The minimum atomic E-state index is 0.843. The number of aromatic nitrogens is 2. The van der Waals surface area contributed by atoms with E-state index in [0.29, 0.717) is 0 Å². The van der Waals surface area contributed by atoms with Crippen LogP contribution in [0.3, 0.4) is 0 Å². The van der Waals surface area contributed by atoms with Crippen LogP contribution in [-0.2, 0) is 6.42 Å². The predicted octanol–water partition coefficient (Wildman–Crippen LogP) is 8.89. The van der Waals surface area contributed by atoms with Crippen molar-refractivity contribution in [3.05, 3.63) is 83.6 Å². The Kier molecular flexibility index (Phi) is 3.90. The van der Waals surface area contributed by atoms with Gasteiger partial charge in [-0.25, -0.2) is 0 Å². The van der Waals surface area contributed by atoms with Crippen molar-refractivity contribution >= 4 is 59.8 Å². The van der Waals surface area contributed by atoms with Gasteiger partial charge in [-0.15, -0.1) is 0 Å². The first-order valence-electron chi connectivity index (χ1n) is 13.1. The topological polar surface area (TPSA) is 17.3 Å². The Bertz CT molecular complexity index is 1950. The van der Waals surface area contributed by atoms with Gasteiger partial charge in [-0.1, -0.05) is 73.7 Å². The number of fused-ring (bicyclic) bond motifs is 7. The van der Waals surface area contributed by atoms with Crippen molar-refractivity contribution in [2.45, 2.75) is 46.0 Å². The summed E-state index contributed by atoms with van der Waals surface area (Å²) < 4.78 is 2.58. The minimum absolute atomic E-state index is 0.843. The van der Waals surface area contributed by atoms with Crippen LogP contribution in [0.25, 0.3) is 59.8 Å². The minimum Gasteiger partial charge on any atom is -0.308 e. The SMILES string of the molecule is Cc1ccc2cc3c4nccc5ccc6c7ccc(CC8CCCC8)cc7n(c3c(C)c2c1)c6c54. The lowest BCUT2D eigenvalue weighted by molar-refractivity contribution is 0.547. The Morgan fingerprint density at radius 1 is 0.771 bits per heavy atom. The molecule has 0 N–H and O–H groups in total. The van der Waals surface area contributed by atoms with Crippen LogP contribution in [0.4, 0.5) is 0 Å². The monoisotopic (exact) mass is 452 g/mol. The van der Waals surface area contributed by atoms with Crippen LogP contribution in [0.1, 0.15) is 42.4 Å². The fraction of sp³-hybridized carbons (Fsp3) is 0.242. The van der Waals surface area contributed by atoms with Crippen molar-refractivity contribution in [2.24, 2.45) is 5.92 Å². The third-order valence-electron chi connectivity index (χ3n) is 8.72. The normalized spacial score (nSPS) is 15.3. The lowest BCUT2D eigenvalue weighted by Gasteiger charge is -2.16. The van der Waals surface area contributed by atoms with E-state index in [-0.39, 0.29) is 0 Å². The van der Waals surface area contributed by atoms with Crippen molar-refractivity contribution in [1.82, 2.24) is 9.38 Å². The quantitative estimate of drug-likeness (QED) is 0.189. The molecule has 3 aromatic heterocycles. The van der Waals surface area contributed by atoms with E-state index in [1.165, 1.54) is 103 Å². The van der Waals surface area contributed by atoms with Crippen molar-refractivity contribution in [3.63, 3.8) is 0 Å². The number of hydrogen-bond acceptors (Lipinski definition) is 1. The average Bonchev–Trinajstić information content (AvgIpc) is 3.50. The van der Waals surface area contributed by atoms with Crippen LogP contribution in [0.5, 0.6) is 0 Å². The zero-order chi connectivity index (χ0) is 23.3. The van der Waals surface area contributed by atoms with Gasteiger partial charge in [0.15, 0.2) is 0 Å². The fourth-order valence-corrected chi connectivity index (χ4v) is 7.07. The van der Waals surface area contributed by atoms with E-state index in [9.17, 15) is 0 Å². The van der Waals surface area contributed by atoms with Gasteiger partial charge in [0, 0.05) is 27.7 Å². The molecule has 2 nitrogen and oxygen atoms in total. The van der Waals surface area contributed by atoms with Gasteiger partial charge in [-0.2, -0.15) is 0 Å². The first-order chi connectivity index (χ1) is 17.2. The molecule has 170 valence electrons. The molecule has 1 aliphatic carbocycles. The highest BCUT2D eigenvalue weighted by Gasteiger charge is 2.22.